The number of phenolic OH excluding ortho intramolecular Hbond substituents is 1. The molecule has 0 fully saturated rings. The van der Waals surface area contributed by atoms with Gasteiger partial charge >= 0.3 is 0 Å². The molecule has 0 radical (unpaired) electrons. The number of hydrogen-bond donors (Lipinski definition) is 1. The summed E-state index contributed by atoms with van der Waals surface area (Å²) in [5, 5.41) is 12.6. The molecule has 0 aliphatic carbocycles. The lowest BCUT2D eigenvalue weighted by Crippen LogP contribution is -2.35. The summed E-state index contributed by atoms with van der Waals surface area (Å²) in [7, 11) is 1.59. The summed E-state index contributed by atoms with van der Waals surface area (Å²) in [5.74, 6) is 0.238. The van der Waals surface area contributed by atoms with Gasteiger partial charge in [-0.05, 0) is 12.1 Å². The summed E-state index contributed by atoms with van der Waals surface area (Å²) in [6.45, 7) is 0.465. The zero-order chi connectivity index (χ0) is 9.26. The molecule has 0 saturated heterocycles. The molecule has 4 heteroatoms. The Morgan fingerprint density at radius 1 is 1.54 bits per heavy atom. The third kappa shape index (κ3) is 1.48. The summed E-state index contributed by atoms with van der Waals surface area (Å²) in [6.07, 6.45) is 1.85. The molecule has 0 unspecified atom stereocenters. The Hall–Kier alpha value is -1.55. The van der Waals surface area contributed by atoms with Gasteiger partial charge in [0.1, 0.15) is 12.4 Å². The topological polar surface area (TPSA) is 45.1 Å². The summed E-state index contributed by atoms with van der Waals surface area (Å²) in [5.41, 5.74) is 0. The summed E-state index contributed by atoms with van der Waals surface area (Å²) >= 11 is 0. The minimum Gasteiger partial charge on any atom is -0.508 e. The molecule has 4 nitrogen and oxygen atoms in total. The molecule has 1 aliphatic rings. The van der Waals surface area contributed by atoms with Crippen molar-refractivity contribution in [2.75, 3.05) is 13.8 Å². The van der Waals surface area contributed by atoms with E-state index in [-0.39, 0.29) is 5.75 Å². The third-order valence-corrected chi connectivity index (χ3v) is 1.91. The molecule has 1 N–H and O–H groups in total. The van der Waals surface area contributed by atoms with Gasteiger partial charge in [-0.15, -0.1) is 0 Å². The van der Waals surface area contributed by atoms with Gasteiger partial charge < -0.3 is 5.11 Å². The second-order valence-electron chi connectivity index (χ2n) is 2.77. The number of nitrogens with zero attached hydrogens (tertiary/aromatic N) is 2. The maximum Gasteiger partial charge on any atom is 0.135 e. The minimum atomic E-state index is 0.238. The second kappa shape index (κ2) is 3.06. The number of benzene rings is 1. The molecule has 1 aliphatic heterocycles. The van der Waals surface area contributed by atoms with Crippen molar-refractivity contribution < 1.29 is 9.94 Å². The van der Waals surface area contributed by atoms with Crippen LogP contribution in [-0.4, -0.2) is 23.9 Å². The van der Waals surface area contributed by atoms with Crippen molar-refractivity contribution in [3.05, 3.63) is 28.8 Å². The SMILES string of the molecule is CON1C=c2ccc(O)cc2=NC1. The van der Waals surface area contributed by atoms with E-state index in [0.717, 1.165) is 10.6 Å². The van der Waals surface area contributed by atoms with Gasteiger partial charge in [0.2, 0.25) is 0 Å². The second-order valence-corrected chi connectivity index (χ2v) is 2.77. The number of hydroxylamine groups is 2. The fraction of sp³-hybridized carbons (Fsp3) is 0.222. The van der Waals surface area contributed by atoms with E-state index in [4.69, 9.17) is 4.84 Å². The molecule has 13 heavy (non-hydrogen) atoms. The maximum absolute atomic E-state index is 9.19. The van der Waals surface area contributed by atoms with Crippen molar-refractivity contribution in [1.29, 1.82) is 0 Å². The molecule has 2 rings (SSSR count). The first kappa shape index (κ1) is 8.07. The largest absolute Gasteiger partial charge is 0.508 e. The van der Waals surface area contributed by atoms with Crippen molar-refractivity contribution in [2.45, 2.75) is 0 Å². The molecule has 1 heterocycles. The number of fused-ring (bicyclic) bond motifs is 1. The Bertz CT molecular complexity index is 428. The smallest absolute Gasteiger partial charge is 0.135 e. The van der Waals surface area contributed by atoms with E-state index >= 15 is 0 Å². The fourth-order valence-corrected chi connectivity index (χ4v) is 1.23. The molecule has 1 aromatic carbocycles. The minimum absolute atomic E-state index is 0.238. The van der Waals surface area contributed by atoms with Gasteiger partial charge in [0.05, 0.1) is 12.5 Å². The normalized spacial score (nSPS) is 14.4. The maximum atomic E-state index is 9.19. The van der Waals surface area contributed by atoms with Crippen LogP contribution in [0.3, 0.4) is 0 Å². The molecular weight excluding hydrogens is 168 g/mol. The van der Waals surface area contributed by atoms with Crippen LogP contribution in [0.5, 0.6) is 5.75 Å². The molecular formula is C9H10N2O2. The van der Waals surface area contributed by atoms with E-state index in [0.29, 0.717) is 6.67 Å². The zero-order valence-electron chi connectivity index (χ0n) is 7.27. The number of rotatable bonds is 1. The van der Waals surface area contributed by atoms with Crippen molar-refractivity contribution in [1.82, 2.24) is 5.06 Å². The Morgan fingerprint density at radius 2 is 2.38 bits per heavy atom. The van der Waals surface area contributed by atoms with Crippen LogP contribution < -0.4 is 10.6 Å². The molecule has 68 valence electrons. The monoisotopic (exact) mass is 178 g/mol. The average Bonchev–Trinajstić information content (AvgIpc) is 2.17. The highest BCUT2D eigenvalue weighted by Crippen LogP contribution is 2.00. The van der Waals surface area contributed by atoms with Crippen LogP contribution in [0.15, 0.2) is 23.2 Å². The van der Waals surface area contributed by atoms with Gasteiger partial charge in [0.15, 0.2) is 0 Å². The first-order chi connectivity index (χ1) is 6.29. The fourth-order valence-electron chi connectivity index (χ4n) is 1.23. The highest BCUT2D eigenvalue weighted by molar-refractivity contribution is 5.28. The quantitative estimate of drug-likeness (QED) is 0.635. The highest BCUT2D eigenvalue weighted by Gasteiger charge is 2.01. The number of phenols is 1. The van der Waals surface area contributed by atoms with Crippen LogP contribution in [0.4, 0.5) is 0 Å². The van der Waals surface area contributed by atoms with Gasteiger partial charge in [-0.3, -0.25) is 9.83 Å². The van der Waals surface area contributed by atoms with Crippen LogP contribution in [0.2, 0.25) is 0 Å². The summed E-state index contributed by atoms with van der Waals surface area (Å²) < 4.78 is 0. The van der Waals surface area contributed by atoms with Crippen molar-refractivity contribution >= 4 is 6.20 Å². The van der Waals surface area contributed by atoms with E-state index < -0.39 is 0 Å². The standard InChI is InChI=1S/C9H10N2O2/c1-13-11-5-7-2-3-8(12)4-9(7)10-6-11/h2-5,12H,6H2,1H3. The van der Waals surface area contributed by atoms with Crippen molar-refractivity contribution in [2.24, 2.45) is 4.99 Å². The van der Waals surface area contributed by atoms with Crippen LogP contribution in [0.25, 0.3) is 6.20 Å². The first-order valence-electron chi connectivity index (χ1n) is 3.96. The Labute approximate surface area is 75.3 Å². The van der Waals surface area contributed by atoms with Gasteiger partial charge in [0, 0.05) is 17.5 Å². The average molecular weight is 178 g/mol. The molecule has 0 aromatic heterocycles. The molecule has 0 bridgehead atoms. The van der Waals surface area contributed by atoms with Crippen LogP contribution in [0.1, 0.15) is 0 Å². The zero-order valence-corrected chi connectivity index (χ0v) is 7.27. The molecule has 0 amide bonds. The highest BCUT2D eigenvalue weighted by atomic mass is 16.7. The molecule has 1 aromatic rings. The van der Waals surface area contributed by atoms with E-state index in [1.165, 1.54) is 0 Å². The van der Waals surface area contributed by atoms with E-state index in [2.05, 4.69) is 4.99 Å². The van der Waals surface area contributed by atoms with Crippen LogP contribution in [0, 0.1) is 0 Å². The molecule has 0 spiro atoms. The summed E-state index contributed by atoms with van der Waals surface area (Å²) in [6, 6.07) is 5.07. The van der Waals surface area contributed by atoms with E-state index in [9.17, 15) is 5.11 Å². The lowest BCUT2D eigenvalue weighted by molar-refractivity contribution is -0.0695. The predicted molar refractivity (Wildman–Crippen MR) is 47.1 cm³/mol. The lowest BCUT2D eigenvalue weighted by Gasteiger charge is -2.16. The Kier molecular flexibility index (Phi) is 1.90. The van der Waals surface area contributed by atoms with Crippen molar-refractivity contribution in [3.8, 4) is 5.75 Å². The van der Waals surface area contributed by atoms with Crippen LogP contribution >= 0.6 is 0 Å². The predicted octanol–water partition coefficient (Wildman–Crippen LogP) is -0.416. The van der Waals surface area contributed by atoms with E-state index in [1.807, 2.05) is 6.20 Å². The lowest BCUT2D eigenvalue weighted by atomic mass is 10.2. The van der Waals surface area contributed by atoms with Crippen LogP contribution in [-0.2, 0) is 4.84 Å². The summed E-state index contributed by atoms with van der Waals surface area (Å²) in [4.78, 5) is 9.22. The Morgan fingerprint density at radius 3 is 3.15 bits per heavy atom. The molecule has 0 atom stereocenters. The van der Waals surface area contributed by atoms with E-state index in [1.54, 1.807) is 30.4 Å². The first-order valence-corrected chi connectivity index (χ1v) is 3.96. The molecule has 0 saturated carbocycles. The van der Waals surface area contributed by atoms with Gasteiger partial charge in [-0.1, -0.05) is 0 Å². The van der Waals surface area contributed by atoms with Crippen molar-refractivity contribution in [3.63, 3.8) is 0 Å². The third-order valence-electron chi connectivity index (χ3n) is 1.91. The number of aromatic hydroxyl groups is 1. The number of hydrogen-bond acceptors (Lipinski definition) is 4. The van der Waals surface area contributed by atoms with Gasteiger partial charge in [-0.25, -0.2) is 5.06 Å². The van der Waals surface area contributed by atoms with Gasteiger partial charge in [0.25, 0.3) is 0 Å². The Balaban J connectivity index is 2.57. The van der Waals surface area contributed by atoms with Gasteiger partial charge in [-0.2, -0.15) is 0 Å².